The lowest BCUT2D eigenvalue weighted by molar-refractivity contribution is -0.128. The van der Waals surface area contributed by atoms with E-state index in [0.717, 1.165) is 0 Å². The molecule has 0 saturated heterocycles. The van der Waals surface area contributed by atoms with E-state index in [0.29, 0.717) is 18.1 Å². The third kappa shape index (κ3) is 6.46. The average molecular weight is 436 g/mol. The van der Waals surface area contributed by atoms with Crippen molar-refractivity contribution in [1.82, 2.24) is 15.6 Å². The van der Waals surface area contributed by atoms with Gasteiger partial charge in [-0.3, -0.25) is 20.4 Å². The zero-order valence-electron chi connectivity index (χ0n) is 17.0. The molecule has 162 valence electrons. The van der Waals surface area contributed by atoms with Gasteiger partial charge in [0.15, 0.2) is 6.10 Å². The number of nitrogens with one attached hydrogen (secondary N) is 3. The summed E-state index contributed by atoms with van der Waals surface area (Å²) in [7, 11) is -3.60. The number of rotatable bonds is 9. The summed E-state index contributed by atoms with van der Waals surface area (Å²) in [6.07, 6.45) is -0.865. The van der Waals surface area contributed by atoms with Gasteiger partial charge >= 0.3 is 0 Å². The molecule has 10 heteroatoms. The Morgan fingerprint density at radius 2 is 1.53 bits per heavy atom. The van der Waals surface area contributed by atoms with Gasteiger partial charge in [0.2, 0.25) is 10.0 Å². The van der Waals surface area contributed by atoms with E-state index in [4.69, 9.17) is 9.47 Å². The van der Waals surface area contributed by atoms with Gasteiger partial charge in [-0.15, -0.1) is 0 Å². The Hall–Kier alpha value is -3.11. The molecule has 2 aromatic rings. The first-order valence-electron chi connectivity index (χ1n) is 9.36. The molecule has 2 rings (SSSR count). The molecule has 0 fully saturated rings. The third-order valence-electron chi connectivity index (χ3n) is 3.88. The van der Waals surface area contributed by atoms with Gasteiger partial charge in [0.1, 0.15) is 11.5 Å². The predicted molar refractivity (Wildman–Crippen MR) is 111 cm³/mol. The number of hydrogen-bond acceptors (Lipinski definition) is 6. The zero-order chi connectivity index (χ0) is 22.1. The van der Waals surface area contributed by atoms with Gasteiger partial charge in [-0.05, 0) is 62.4 Å². The monoisotopic (exact) mass is 435 g/mol. The highest BCUT2D eigenvalue weighted by Crippen LogP contribution is 2.18. The summed E-state index contributed by atoms with van der Waals surface area (Å²) in [5.74, 6) is 0.0241. The van der Waals surface area contributed by atoms with Gasteiger partial charge in [-0.2, -0.15) is 0 Å². The number of amides is 2. The van der Waals surface area contributed by atoms with Crippen molar-refractivity contribution in [3.63, 3.8) is 0 Å². The van der Waals surface area contributed by atoms with Crippen LogP contribution in [0.2, 0.25) is 0 Å². The van der Waals surface area contributed by atoms with Crippen LogP contribution in [0.3, 0.4) is 0 Å². The lowest BCUT2D eigenvalue weighted by Gasteiger charge is -2.15. The molecule has 0 aromatic heterocycles. The minimum atomic E-state index is -3.60. The standard InChI is InChI=1S/C20H25N3O6S/c1-4-21-30(26,27)18-12-6-15(7-13-18)20(25)23-22-19(24)14(3)29-17-10-8-16(9-11-17)28-5-2/h6-14,21H,4-5H2,1-3H3,(H,22,24)(H,23,25). The van der Waals surface area contributed by atoms with Crippen LogP contribution in [-0.4, -0.2) is 39.5 Å². The second-order valence-corrected chi connectivity index (χ2v) is 7.90. The molecule has 1 unspecified atom stereocenters. The van der Waals surface area contributed by atoms with E-state index in [2.05, 4.69) is 15.6 Å². The number of carbonyl (C=O) groups excluding carboxylic acids is 2. The second kappa shape index (κ2) is 10.6. The number of ether oxygens (including phenoxy) is 2. The molecule has 1 atom stereocenters. The Labute approximate surface area is 175 Å². The van der Waals surface area contributed by atoms with Crippen LogP contribution in [0.4, 0.5) is 0 Å². The van der Waals surface area contributed by atoms with Crippen molar-refractivity contribution in [2.75, 3.05) is 13.2 Å². The van der Waals surface area contributed by atoms with Gasteiger partial charge in [-0.1, -0.05) is 6.92 Å². The van der Waals surface area contributed by atoms with Crippen molar-refractivity contribution in [2.45, 2.75) is 31.8 Å². The van der Waals surface area contributed by atoms with E-state index in [1.165, 1.54) is 24.3 Å². The number of hydrazine groups is 1. The fourth-order valence-corrected chi connectivity index (χ4v) is 3.43. The maximum absolute atomic E-state index is 12.2. The van der Waals surface area contributed by atoms with Gasteiger partial charge in [-0.25, -0.2) is 13.1 Å². The summed E-state index contributed by atoms with van der Waals surface area (Å²) in [6, 6.07) is 12.1. The van der Waals surface area contributed by atoms with Crippen LogP contribution in [-0.2, 0) is 14.8 Å². The molecule has 3 N–H and O–H groups in total. The maximum atomic E-state index is 12.2. The molecule has 0 bridgehead atoms. The van der Waals surface area contributed by atoms with E-state index in [1.807, 2.05) is 6.92 Å². The van der Waals surface area contributed by atoms with Gasteiger partial charge in [0.25, 0.3) is 11.8 Å². The number of hydrogen-bond donors (Lipinski definition) is 3. The second-order valence-electron chi connectivity index (χ2n) is 6.13. The molecule has 0 aliphatic rings. The lowest BCUT2D eigenvalue weighted by Crippen LogP contribution is -2.47. The van der Waals surface area contributed by atoms with E-state index in [-0.39, 0.29) is 17.0 Å². The van der Waals surface area contributed by atoms with Crippen LogP contribution in [0.5, 0.6) is 11.5 Å². The van der Waals surface area contributed by atoms with Crippen LogP contribution >= 0.6 is 0 Å². The molecule has 0 spiro atoms. The molecular formula is C20H25N3O6S. The van der Waals surface area contributed by atoms with Crippen LogP contribution in [0.25, 0.3) is 0 Å². The Morgan fingerprint density at radius 3 is 2.10 bits per heavy atom. The first kappa shape index (κ1) is 23.2. The normalized spacial score (nSPS) is 12.0. The topological polar surface area (TPSA) is 123 Å². The lowest BCUT2D eigenvalue weighted by atomic mass is 10.2. The minimum absolute atomic E-state index is 0.0438. The molecular weight excluding hydrogens is 410 g/mol. The smallest absolute Gasteiger partial charge is 0.279 e. The third-order valence-corrected chi connectivity index (χ3v) is 5.44. The summed E-state index contributed by atoms with van der Waals surface area (Å²) < 4.78 is 37.1. The van der Waals surface area contributed by atoms with Gasteiger partial charge in [0.05, 0.1) is 11.5 Å². The van der Waals surface area contributed by atoms with E-state index in [9.17, 15) is 18.0 Å². The SMILES string of the molecule is CCNS(=O)(=O)c1ccc(C(=O)NNC(=O)C(C)Oc2ccc(OCC)cc2)cc1. The molecule has 9 nitrogen and oxygen atoms in total. The van der Waals surface area contributed by atoms with E-state index in [1.54, 1.807) is 38.1 Å². The molecule has 2 aromatic carbocycles. The summed E-state index contributed by atoms with van der Waals surface area (Å²) in [5, 5.41) is 0. The van der Waals surface area contributed by atoms with Gasteiger partial charge < -0.3 is 9.47 Å². The summed E-state index contributed by atoms with van der Waals surface area (Å²) >= 11 is 0. The molecule has 0 aliphatic heterocycles. The summed E-state index contributed by atoms with van der Waals surface area (Å²) in [5.41, 5.74) is 4.74. The average Bonchev–Trinajstić information content (AvgIpc) is 2.73. The molecule has 0 saturated carbocycles. The fourth-order valence-electron chi connectivity index (χ4n) is 2.39. The highest BCUT2D eigenvalue weighted by molar-refractivity contribution is 7.89. The minimum Gasteiger partial charge on any atom is -0.494 e. The van der Waals surface area contributed by atoms with E-state index >= 15 is 0 Å². The molecule has 0 heterocycles. The van der Waals surface area contributed by atoms with Crippen LogP contribution in [0.15, 0.2) is 53.4 Å². The first-order chi connectivity index (χ1) is 14.3. The predicted octanol–water partition coefficient (Wildman–Crippen LogP) is 1.61. The molecule has 0 aliphatic carbocycles. The Morgan fingerprint density at radius 1 is 0.933 bits per heavy atom. The molecule has 0 radical (unpaired) electrons. The molecule has 2 amide bonds. The van der Waals surface area contributed by atoms with E-state index < -0.39 is 27.9 Å². The largest absolute Gasteiger partial charge is 0.494 e. The van der Waals surface area contributed by atoms with Crippen molar-refractivity contribution in [3.05, 3.63) is 54.1 Å². The molecule has 30 heavy (non-hydrogen) atoms. The highest BCUT2D eigenvalue weighted by atomic mass is 32.2. The van der Waals surface area contributed by atoms with Crippen LogP contribution in [0, 0.1) is 0 Å². The Kier molecular flexibility index (Phi) is 8.19. The van der Waals surface area contributed by atoms with Crippen LogP contribution < -0.4 is 25.0 Å². The van der Waals surface area contributed by atoms with Crippen molar-refractivity contribution < 1.29 is 27.5 Å². The maximum Gasteiger partial charge on any atom is 0.279 e. The Bertz CT molecular complexity index is 959. The summed E-state index contributed by atoms with van der Waals surface area (Å²) in [4.78, 5) is 24.4. The fraction of sp³-hybridized carbons (Fsp3) is 0.300. The van der Waals surface area contributed by atoms with Crippen LogP contribution in [0.1, 0.15) is 31.1 Å². The van der Waals surface area contributed by atoms with Crippen molar-refractivity contribution in [2.24, 2.45) is 0 Å². The highest BCUT2D eigenvalue weighted by Gasteiger charge is 2.17. The number of carbonyl (C=O) groups is 2. The van der Waals surface area contributed by atoms with Crippen molar-refractivity contribution in [1.29, 1.82) is 0 Å². The van der Waals surface area contributed by atoms with Crippen molar-refractivity contribution >= 4 is 21.8 Å². The zero-order valence-corrected chi connectivity index (χ0v) is 17.8. The van der Waals surface area contributed by atoms with Crippen molar-refractivity contribution in [3.8, 4) is 11.5 Å². The first-order valence-corrected chi connectivity index (χ1v) is 10.8. The number of benzene rings is 2. The quantitative estimate of drug-likeness (QED) is 0.515. The number of sulfonamides is 1. The summed E-state index contributed by atoms with van der Waals surface area (Å²) in [6.45, 7) is 5.90. The Balaban J connectivity index is 1.88. The van der Waals surface area contributed by atoms with Gasteiger partial charge in [0, 0.05) is 12.1 Å².